The van der Waals surface area contributed by atoms with Gasteiger partial charge in [-0.25, -0.2) is 4.72 Å². The lowest BCUT2D eigenvalue weighted by Gasteiger charge is -2.09. The van der Waals surface area contributed by atoms with Gasteiger partial charge in [0.15, 0.2) is 0 Å². The second kappa shape index (κ2) is 5.68. The van der Waals surface area contributed by atoms with Crippen LogP contribution in [0.1, 0.15) is 11.1 Å². The summed E-state index contributed by atoms with van der Waals surface area (Å²) in [5.74, 6) is 5.53. The first-order valence-corrected chi connectivity index (χ1v) is 6.47. The number of nitrogens with one attached hydrogen (secondary N) is 2. The smallest absolute Gasteiger partial charge is 0.298 e. The van der Waals surface area contributed by atoms with Crippen molar-refractivity contribution in [1.82, 2.24) is 4.72 Å². The van der Waals surface area contributed by atoms with E-state index >= 15 is 0 Å². The molecule has 0 amide bonds. The second-order valence-corrected chi connectivity index (χ2v) is 4.98. The maximum Gasteiger partial charge on any atom is 0.298 e. The van der Waals surface area contributed by atoms with Gasteiger partial charge in [-0.1, -0.05) is 17.9 Å². The third-order valence-corrected chi connectivity index (χ3v) is 3.04. The number of anilines is 1. The van der Waals surface area contributed by atoms with E-state index in [1.807, 2.05) is 6.92 Å². The minimum Gasteiger partial charge on any atom is -0.320 e. The van der Waals surface area contributed by atoms with Gasteiger partial charge in [-0.15, -0.1) is 0 Å². The molecule has 0 radical (unpaired) electrons. The van der Waals surface area contributed by atoms with Gasteiger partial charge in [0.2, 0.25) is 0 Å². The van der Waals surface area contributed by atoms with Crippen LogP contribution in [0.3, 0.4) is 0 Å². The molecule has 0 atom stereocenters. The molecule has 92 valence electrons. The van der Waals surface area contributed by atoms with Crippen LogP contribution in [-0.2, 0) is 10.2 Å². The number of nitrogens with two attached hydrogens (primary N) is 1. The molecule has 0 aliphatic heterocycles. The molecule has 0 saturated heterocycles. The molecule has 5 nitrogen and oxygen atoms in total. The van der Waals surface area contributed by atoms with Crippen molar-refractivity contribution < 1.29 is 8.42 Å². The number of aryl methyl sites for hydroxylation is 1. The maximum atomic E-state index is 11.4. The summed E-state index contributed by atoms with van der Waals surface area (Å²) in [7, 11) is -2.20. The Morgan fingerprint density at radius 2 is 2.12 bits per heavy atom. The first-order valence-electron chi connectivity index (χ1n) is 4.99. The van der Waals surface area contributed by atoms with Gasteiger partial charge >= 0.3 is 0 Å². The molecule has 6 heteroatoms. The van der Waals surface area contributed by atoms with E-state index in [0.717, 1.165) is 5.56 Å². The lowest BCUT2D eigenvalue weighted by molar-refractivity contribution is 0.593. The van der Waals surface area contributed by atoms with E-state index < -0.39 is 10.2 Å². The van der Waals surface area contributed by atoms with Gasteiger partial charge in [-0.3, -0.25) is 4.72 Å². The third-order valence-electron chi connectivity index (χ3n) is 2.01. The van der Waals surface area contributed by atoms with E-state index in [2.05, 4.69) is 21.3 Å². The van der Waals surface area contributed by atoms with E-state index in [4.69, 9.17) is 5.73 Å². The average molecular weight is 253 g/mol. The fraction of sp³-hybridized carbons (Fsp3) is 0.273. The van der Waals surface area contributed by atoms with Crippen LogP contribution in [-0.4, -0.2) is 22.0 Å². The average Bonchev–Trinajstić information content (AvgIpc) is 2.29. The van der Waals surface area contributed by atoms with Crippen molar-refractivity contribution in [3.63, 3.8) is 0 Å². The minimum atomic E-state index is -3.53. The molecular weight excluding hydrogens is 238 g/mol. The summed E-state index contributed by atoms with van der Waals surface area (Å²) in [6.07, 6.45) is 0. The fourth-order valence-electron chi connectivity index (χ4n) is 1.19. The van der Waals surface area contributed by atoms with Crippen molar-refractivity contribution in [2.24, 2.45) is 5.73 Å². The predicted octanol–water partition coefficient (Wildman–Crippen LogP) is 0.181. The lowest BCUT2D eigenvalue weighted by atomic mass is 10.1. The zero-order valence-corrected chi connectivity index (χ0v) is 10.6. The van der Waals surface area contributed by atoms with Gasteiger partial charge in [-0.05, 0) is 24.6 Å². The Morgan fingerprint density at radius 1 is 1.41 bits per heavy atom. The third kappa shape index (κ3) is 4.07. The Kier molecular flexibility index (Phi) is 4.52. The largest absolute Gasteiger partial charge is 0.320 e. The molecule has 0 aromatic heterocycles. The molecule has 0 spiro atoms. The van der Waals surface area contributed by atoms with Crippen LogP contribution in [0.4, 0.5) is 5.69 Å². The van der Waals surface area contributed by atoms with Crippen LogP contribution in [0, 0.1) is 18.8 Å². The molecule has 0 bridgehead atoms. The quantitative estimate of drug-likeness (QED) is 0.672. The van der Waals surface area contributed by atoms with Crippen LogP contribution in [0.25, 0.3) is 0 Å². The summed E-state index contributed by atoms with van der Waals surface area (Å²) in [5, 5.41) is 0. The SMILES string of the molecule is CNS(=O)(=O)Nc1ccc(C)cc1C#CCN. The highest BCUT2D eigenvalue weighted by Crippen LogP contribution is 2.17. The number of hydrogen-bond donors (Lipinski definition) is 3. The van der Waals surface area contributed by atoms with E-state index in [1.165, 1.54) is 7.05 Å². The summed E-state index contributed by atoms with van der Waals surface area (Å²) >= 11 is 0. The van der Waals surface area contributed by atoms with Crippen molar-refractivity contribution in [2.75, 3.05) is 18.3 Å². The summed E-state index contributed by atoms with van der Waals surface area (Å²) < 4.78 is 27.3. The molecule has 0 unspecified atom stereocenters. The van der Waals surface area contributed by atoms with Crippen molar-refractivity contribution in [3.8, 4) is 11.8 Å². The Labute approximate surface area is 102 Å². The van der Waals surface area contributed by atoms with Crippen molar-refractivity contribution in [2.45, 2.75) is 6.92 Å². The lowest BCUT2D eigenvalue weighted by Crippen LogP contribution is -2.26. The number of rotatable bonds is 3. The van der Waals surface area contributed by atoms with Gasteiger partial charge in [0.25, 0.3) is 10.2 Å². The molecule has 0 aliphatic rings. The van der Waals surface area contributed by atoms with Gasteiger partial charge < -0.3 is 5.73 Å². The molecule has 1 rings (SSSR count). The zero-order valence-electron chi connectivity index (χ0n) is 9.74. The highest BCUT2D eigenvalue weighted by atomic mass is 32.2. The molecule has 17 heavy (non-hydrogen) atoms. The Bertz CT molecular complexity index is 556. The molecule has 1 aromatic carbocycles. The monoisotopic (exact) mass is 253 g/mol. The summed E-state index contributed by atoms with van der Waals surface area (Å²) in [4.78, 5) is 0. The molecule has 1 aromatic rings. The molecule has 0 fully saturated rings. The Balaban J connectivity index is 3.15. The maximum absolute atomic E-state index is 11.4. The number of hydrogen-bond acceptors (Lipinski definition) is 3. The van der Waals surface area contributed by atoms with E-state index in [0.29, 0.717) is 11.3 Å². The van der Waals surface area contributed by atoms with Gasteiger partial charge in [0.05, 0.1) is 12.2 Å². The summed E-state index contributed by atoms with van der Waals surface area (Å²) in [6.45, 7) is 2.14. The fourth-order valence-corrected chi connectivity index (χ4v) is 1.76. The van der Waals surface area contributed by atoms with Crippen LogP contribution in [0.2, 0.25) is 0 Å². The van der Waals surface area contributed by atoms with Crippen molar-refractivity contribution >= 4 is 15.9 Å². The molecule has 4 N–H and O–H groups in total. The van der Waals surface area contributed by atoms with E-state index in [-0.39, 0.29) is 6.54 Å². The Morgan fingerprint density at radius 3 is 2.71 bits per heavy atom. The van der Waals surface area contributed by atoms with E-state index in [1.54, 1.807) is 18.2 Å². The van der Waals surface area contributed by atoms with Crippen molar-refractivity contribution in [3.05, 3.63) is 29.3 Å². The van der Waals surface area contributed by atoms with Gasteiger partial charge in [0.1, 0.15) is 0 Å². The Hall–Kier alpha value is -1.55. The molecule has 0 aliphatic carbocycles. The highest BCUT2D eigenvalue weighted by molar-refractivity contribution is 7.90. The minimum absolute atomic E-state index is 0.228. The topological polar surface area (TPSA) is 84.2 Å². The number of benzene rings is 1. The predicted molar refractivity (Wildman–Crippen MR) is 68.7 cm³/mol. The molecule has 0 saturated carbocycles. The second-order valence-electron chi connectivity index (χ2n) is 3.36. The molecular formula is C11H15N3O2S. The van der Waals surface area contributed by atoms with Gasteiger partial charge in [0, 0.05) is 12.6 Å². The normalized spacial score (nSPS) is 10.5. The van der Waals surface area contributed by atoms with Crippen LogP contribution in [0.15, 0.2) is 18.2 Å². The highest BCUT2D eigenvalue weighted by Gasteiger charge is 2.09. The zero-order chi connectivity index (χ0) is 12.9. The van der Waals surface area contributed by atoms with Gasteiger partial charge in [-0.2, -0.15) is 8.42 Å². The molecule has 0 heterocycles. The first-order chi connectivity index (χ1) is 7.98. The van der Waals surface area contributed by atoms with Crippen LogP contribution >= 0.6 is 0 Å². The summed E-state index contributed by atoms with van der Waals surface area (Å²) in [6, 6.07) is 5.28. The van der Waals surface area contributed by atoms with Crippen LogP contribution < -0.4 is 15.2 Å². The first kappa shape index (κ1) is 13.5. The summed E-state index contributed by atoms with van der Waals surface area (Å²) in [5.41, 5.74) is 7.33. The standard InChI is InChI=1S/C11H15N3O2S/c1-9-5-6-11(14-17(15,16)13-2)10(8-9)4-3-7-12/h5-6,8,13-14H,7,12H2,1-2H3. The van der Waals surface area contributed by atoms with Crippen molar-refractivity contribution in [1.29, 1.82) is 0 Å². The van der Waals surface area contributed by atoms with Crippen LogP contribution in [0.5, 0.6) is 0 Å². The van der Waals surface area contributed by atoms with E-state index in [9.17, 15) is 8.42 Å².